The topological polar surface area (TPSA) is 72.1 Å². The van der Waals surface area contributed by atoms with Crippen molar-refractivity contribution in [3.05, 3.63) is 24.3 Å². The van der Waals surface area contributed by atoms with Crippen LogP contribution in [0.2, 0.25) is 0 Å². The summed E-state index contributed by atoms with van der Waals surface area (Å²) in [6.07, 6.45) is -2.58. The predicted molar refractivity (Wildman–Crippen MR) is 94.3 cm³/mol. The normalized spacial score (nSPS) is 17.3. The Morgan fingerprint density at radius 3 is 2.50 bits per heavy atom. The Morgan fingerprint density at radius 2 is 1.92 bits per heavy atom. The molecule has 2 rings (SSSR count). The molecule has 1 saturated heterocycles. The zero-order chi connectivity index (χ0) is 19.0. The monoisotopic (exact) mass is 374 g/mol. The van der Waals surface area contributed by atoms with Gasteiger partial charge in [-0.2, -0.15) is 0 Å². The van der Waals surface area contributed by atoms with Crippen molar-refractivity contribution in [1.29, 1.82) is 0 Å². The van der Waals surface area contributed by atoms with Crippen LogP contribution in [0.15, 0.2) is 29.3 Å². The van der Waals surface area contributed by atoms with Crippen molar-refractivity contribution in [2.45, 2.75) is 19.2 Å². The molecule has 3 N–H and O–H groups in total. The van der Waals surface area contributed by atoms with Gasteiger partial charge in [-0.3, -0.25) is 4.99 Å². The van der Waals surface area contributed by atoms with Gasteiger partial charge in [0, 0.05) is 25.9 Å². The van der Waals surface area contributed by atoms with E-state index < -0.39 is 6.36 Å². The molecule has 1 aliphatic rings. The van der Waals surface area contributed by atoms with Gasteiger partial charge in [-0.05, 0) is 56.1 Å². The highest BCUT2D eigenvalue weighted by Crippen LogP contribution is 2.24. The summed E-state index contributed by atoms with van der Waals surface area (Å²) in [6, 6.07) is 5.35. The Morgan fingerprint density at radius 1 is 1.27 bits per heavy atom. The van der Waals surface area contributed by atoms with E-state index in [0.29, 0.717) is 18.2 Å². The zero-order valence-electron chi connectivity index (χ0n) is 14.8. The minimum absolute atomic E-state index is 0.247. The van der Waals surface area contributed by atoms with Gasteiger partial charge >= 0.3 is 6.36 Å². The Bertz CT molecular complexity index is 570. The summed E-state index contributed by atoms with van der Waals surface area (Å²) >= 11 is 0. The zero-order valence-corrected chi connectivity index (χ0v) is 14.8. The fourth-order valence-electron chi connectivity index (χ4n) is 2.77. The van der Waals surface area contributed by atoms with Crippen molar-refractivity contribution in [3.8, 4) is 5.75 Å². The van der Waals surface area contributed by atoms with E-state index in [1.807, 2.05) is 0 Å². The van der Waals surface area contributed by atoms with Crippen LogP contribution in [-0.2, 0) is 4.74 Å². The van der Waals surface area contributed by atoms with Crippen molar-refractivity contribution in [2.24, 2.45) is 16.6 Å². The molecule has 0 unspecified atom stereocenters. The van der Waals surface area contributed by atoms with Crippen molar-refractivity contribution in [2.75, 3.05) is 45.2 Å². The highest BCUT2D eigenvalue weighted by molar-refractivity contribution is 5.92. The second kappa shape index (κ2) is 9.63. The van der Waals surface area contributed by atoms with E-state index in [2.05, 4.69) is 19.9 Å². The summed E-state index contributed by atoms with van der Waals surface area (Å²) in [7, 11) is 1.70. The molecule has 0 saturated carbocycles. The maximum atomic E-state index is 12.1. The summed E-state index contributed by atoms with van der Waals surface area (Å²) in [5.74, 6) is 0.451. The van der Waals surface area contributed by atoms with Crippen LogP contribution >= 0.6 is 0 Å². The summed E-state index contributed by atoms with van der Waals surface area (Å²) in [6.45, 7) is 4.37. The number of methoxy groups -OCH3 is 1. The molecule has 146 valence electrons. The number of guanidine groups is 1. The molecular weight excluding hydrogens is 349 g/mol. The molecule has 9 heteroatoms. The van der Waals surface area contributed by atoms with Gasteiger partial charge in [0.1, 0.15) is 5.75 Å². The lowest BCUT2D eigenvalue weighted by Gasteiger charge is -2.30. The lowest BCUT2D eigenvalue weighted by molar-refractivity contribution is -0.274. The smallest absolute Gasteiger partial charge is 0.406 e. The average Bonchev–Trinajstić information content (AvgIpc) is 2.59. The predicted octanol–water partition coefficient (Wildman–Crippen LogP) is 2.67. The number of hydrogen-bond acceptors (Lipinski definition) is 4. The number of aliphatic imine (C=N–C) groups is 1. The van der Waals surface area contributed by atoms with Crippen LogP contribution in [-0.4, -0.2) is 57.1 Å². The van der Waals surface area contributed by atoms with Crippen LogP contribution in [0.1, 0.15) is 12.8 Å². The van der Waals surface area contributed by atoms with E-state index in [-0.39, 0.29) is 11.7 Å². The molecule has 1 aromatic carbocycles. The Balaban J connectivity index is 1.75. The summed E-state index contributed by atoms with van der Waals surface area (Å²) in [5.41, 5.74) is 6.41. The fraction of sp³-hybridized carbons (Fsp3) is 0.588. The van der Waals surface area contributed by atoms with Crippen molar-refractivity contribution < 1.29 is 22.6 Å². The molecule has 1 aliphatic heterocycles. The van der Waals surface area contributed by atoms with E-state index in [4.69, 9.17) is 10.5 Å². The van der Waals surface area contributed by atoms with Gasteiger partial charge < -0.3 is 25.4 Å². The SMILES string of the molecule is COCCN1CCC(CN=C(N)Nc2ccc(OC(F)(F)F)cc2)CC1. The number of likely N-dealkylation sites (tertiary alicyclic amines) is 1. The average molecular weight is 374 g/mol. The van der Waals surface area contributed by atoms with Crippen LogP contribution < -0.4 is 15.8 Å². The van der Waals surface area contributed by atoms with Crippen molar-refractivity contribution in [3.63, 3.8) is 0 Å². The number of nitrogens with one attached hydrogen (secondary N) is 1. The second-order valence-electron chi connectivity index (χ2n) is 6.20. The summed E-state index contributed by atoms with van der Waals surface area (Å²) in [5, 5.41) is 2.87. The molecule has 0 spiro atoms. The lowest BCUT2D eigenvalue weighted by atomic mass is 9.97. The molecule has 1 fully saturated rings. The van der Waals surface area contributed by atoms with Gasteiger partial charge in [-0.25, -0.2) is 0 Å². The number of nitrogens with two attached hydrogens (primary N) is 1. The first-order valence-corrected chi connectivity index (χ1v) is 8.50. The van der Waals surface area contributed by atoms with Crippen LogP contribution in [0.3, 0.4) is 0 Å². The summed E-state index contributed by atoms with van der Waals surface area (Å²) < 4.78 is 45.3. The maximum Gasteiger partial charge on any atom is 0.573 e. The number of rotatable bonds is 7. The molecule has 0 bridgehead atoms. The Hall–Kier alpha value is -2.00. The van der Waals surface area contributed by atoms with Gasteiger partial charge in [-0.15, -0.1) is 13.2 Å². The van der Waals surface area contributed by atoms with Gasteiger partial charge in [0.2, 0.25) is 0 Å². The number of hydrogen-bond donors (Lipinski definition) is 2. The largest absolute Gasteiger partial charge is 0.573 e. The molecule has 6 nitrogen and oxygen atoms in total. The fourth-order valence-corrected chi connectivity index (χ4v) is 2.77. The third-order valence-corrected chi connectivity index (χ3v) is 4.20. The molecule has 1 heterocycles. The Kier molecular flexibility index (Phi) is 7.52. The summed E-state index contributed by atoms with van der Waals surface area (Å²) in [4.78, 5) is 6.71. The minimum atomic E-state index is -4.70. The number of ether oxygens (including phenoxy) is 2. The van der Waals surface area contributed by atoms with Gasteiger partial charge in [0.05, 0.1) is 6.61 Å². The van der Waals surface area contributed by atoms with Crippen molar-refractivity contribution >= 4 is 11.6 Å². The van der Waals surface area contributed by atoms with E-state index in [9.17, 15) is 13.2 Å². The van der Waals surface area contributed by atoms with E-state index in [1.165, 1.54) is 24.3 Å². The third-order valence-electron chi connectivity index (χ3n) is 4.20. The number of anilines is 1. The first kappa shape index (κ1) is 20.3. The molecule has 0 aliphatic carbocycles. The Labute approximate surface area is 151 Å². The maximum absolute atomic E-state index is 12.1. The van der Waals surface area contributed by atoms with Crippen molar-refractivity contribution in [1.82, 2.24) is 4.90 Å². The molecular formula is C17H25F3N4O2. The van der Waals surface area contributed by atoms with Gasteiger partial charge in [-0.1, -0.05) is 0 Å². The minimum Gasteiger partial charge on any atom is -0.406 e. The second-order valence-corrected chi connectivity index (χ2v) is 6.20. The van der Waals surface area contributed by atoms with Gasteiger partial charge in [0.25, 0.3) is 0 Å². The first-order chi connectivity index (χ1) is 12.4. The highest BCUT2D eigenvalue weighted by Gasteiger charge is 2.30. The molecule has 0 radical (unpaired) electrons. The number of benzene rings is 1. The number of piperidine rings is 1. The molecule has 1 aromatic rings. The molecule has 0 amide bonds. The van der Waals surface area contributed by atoms with Crippen LogP contribution in [0, 0.1) is 5.92 Å². The molecule has 0 aromatic heterocycles. The van der Waals surface area contributed by atoms with E-state index in [1.54, 1.807) is 7.11 Å². The van der Waals surface area contributed by atoms with Crippen LogP contribution in [0.25, 0.3) is 0 Å². The number of halogens is 3. The lowest BCUT2D eigenvalue weighted by Crippen LogP contribution is -2.37. The molecule has 26 heavy (non-hydrogen) atoms. The van der Waals surface area contributed by atoms with Crippen LogP contribution in [0.4, 0.5) is 18.9 Å². The van der Waals surface area contributed by atoms with Gasteiger partial charge in [0.15, 0.2) is 5.96 Å². The standard InChI is InChI=1S/C17H25F3N4O2/c1-25-11-10-24-8-6-13(7-9-24)12-22-16(21)23-14-2-4-15(5-3-14)26-17(18,19)20/h2-5,13H,6-12H2,1H3,(H3,21,22,23). The van der Waals surface area contributed by atoms with E-state index >= 15 is 0 Å². The van der Waals surface area contributed by atoms with E-state index in [0.717, 1.165) is 39.1 Å². The third kappa shape index (κ3) is 7.49. The molecule has 0 atom stereocenters. The quantitative estimate of drug-likeness (QED) is 0.567. The number of nitrogens with zero attached hydrogens (tertiary/aromatic N) is 2. The van der Waals surface area contributed by atoms with Crippen LogP contribution in [0.5, 0.6) is 5.75 Å². The highest BCUT2D eigenvalue weighted by atomic mass is 19.4. The first-order valence-electron chi connectivity index (χ1n) is 8.50. The number of alkyl halides is 3.